The Morgan fingerprint density at radius 2 is 1.70 bits per heavy atom. The van der Waals surface area contributed by atoms with Crippen molar-refractivity contribution < 1.29 is 19.5 Å². The average Bonchev–Trinajstić information content (AvgIpc) is 2.86. The van der Waals surface area contributed by atoms with E-state index >= 15 is 0 Å². The van der Waals surface area contributed by atoms with E-state index in [9.17, 15) is 19.5 Å². The molecule has 8 heteroatoms. The maximum atomic E-state index is 13.0. The molecule has 0 aliphatic carbocycles. The first kappa shape index (κ1) is 22.4. The molecule has 4 rings (SSSR count). The number of anilines is 1. The van der Waals surface area contributed by atoms with Crippen LogP contribution in [-0.4, -0.2) is 71.4 Å². The molecule has 0 saturated carbocycles. The summed E-state index contributed by atoms with van der Waals surface area (Å²) in [5.74, 6) is -0.746. The zero-order chi connectivity index (χ0) is 23.4. The summed E-state index contributed by atoms with van der Waals surface area (Å²) < 4.78 is 0. The fraction of sp³-hybridized carbons (Fsp3) is 0.280. The number of aromatic nitrogens is 1. The fourth-order valence-electron chi connectivity index (χ4n) is 3.93. The maximum Gasteiger partial charge on any atom is 0.253 e. The number of ketones is 1. The van der Waals surface area contributed by atoms with Crippen molar-refractivity contribution in [1.29, 1.82) is 0 Å². The zero-order valence-corrected chi connectivity index (χ0v) is 18.4. The summed E-state index contributed by atoms with van der Waals surface area (Å²) in [6.07, 6.45) is 1.47. The molecule has 1 saturated heterocycles. The Labute approximate surface area is 191 Å². The first-order valence-corrected chi connectivity index (χ1v) is 10.9. The molecule has 1 aliphatic heterocycles. The van der Waals surface area contributed by atoms with Gasteiger partial charge in [-0.2, -0.15) is 0 Å². The van der Waals surface area contributed by atoms with Crippen molar-refractivity contribution in [2.45, 2.75) is 13.0 Å². The van der Waals surface area contributed by atoms with E-state index in [2.05, 4.69) is 15.2 Å². The molecule has 0 spiro atoms. The highest BCUT2D eigenvalue weighted by Gasteiger charge is 2.28. The van der Waals surface area contributed by atoms with Gasteiger partial charge in [0.25, 0.3) is 5.91 Å². The maximum absolute atomic E-state index is 13.0. The molecule has 1 unspecified atom stereocenters. The molecule has 0 radical (unpaired) electrons. The Balaban J connectivity index is 1.36. The van der Waals surface area contributed by atoms with E-state index in [0.29, 0.717) is 37.3 Å². The number of aliphatic hydroxyl groups is 1. The zero-order valence-electron chi connectivity index (χ0n) is 18.4. The summed E-state index contributed by atoms with van der Waals surface area (Å²) in [5, 5.41) is 13.2. The van der Waals surface area contributed by atoms with Gasteiger partial charge in [-0.05, 0) is 43.3 Å². The number of hydrogen-bond acceptors (Lipinski definition) is 6. The number of aliphatic hydroxyl groups excluding tert-OH is 1. The third-order valence-corrected chi connectivity index (χ3v) is 5.87. The Hall–Kier alpha value is -3.78. The van der Waals surface area contributed by atoms with Crippen LogP contribution in [0.2, 0.25) is 0 Å². The number of para-hydroxylation sites is 1. The molecule has 0 bridgehead atoms. The van der Waals surface area contributed by atoms with E-state index in [0.717, 1.165) is 16.6 Å². The first-order valence-electron chi connectivity index (χ1n) is 10.9. The second kappa shape index (κ2) is 9.79. The van der Waals surface area contributed by atoms with Gasteiger partial charge in [-0.25, -0.2) is 0 Å². The van der Waals surface area contributed by atoms with E-state index in [1.165, 1.54) is 13.1 Å². The number of nitrogens with one attached hydrogen (secondary N) is 1. The average molecular weight is 447 g/mol. The summed E-state index contributed by atoms with van der Waals surface area (Å²) in [5.41, 5.74) is 2.76. The second-order valence-electron chi connectivity index (χ2n) is 8.04. The highest BCUT2D eigenvalue weighted by Crippen LogP contribution is 2.18. The molecule has 1 atom stereocenters. The van der Waals surface area contributed by atoms with Crippen LogP contribution in [0.25, 0.3) is 10.9 Å². The lowest BCUT2D eigenvalue weighted by Crippen LogP contribution is -2.56. The first-order chi connectivity index (χ1) is 16.0. The van der Waals surface area contributed by atoms with Crippen LogP contribution in [0.4, 0.5) is 5.69 Å². The Bertz CT molecular complexity index is 1170. The molecule has 33 heavy (non-hydrogen) atoms. The molecule has 2 amide bonds. The fourth-order valence-corrected chi connectivity index (χ4v) is 3.93. The molecular formula is C25H26N4O4. The van der Waals surface area contributed by atoms with Crippen LogP contribution in [-0.2, 0) is 4.79 Å². The van der Waals surface area contributed by atoms with Crippen molar-refractivity contribution in [3.8, 4) is 0 Å². The number of hydrogen-bond donors (Lipinski definition) is 2. The molecule has 2 N–H and O–H groups in total. The van der Waals surface area contributed by atoms with Crippen LogP contribution in [0.5, 0.6) is 0 Å². The standard InChI is InChI=1S/C25H26N4O4/c1-17(31)18-6-8-21(9-7-18)28-10-12-29(13-11-28)25(33)23(16-30)27-24(32)20-14-19-4-2-3-5-22(19)26-15-20/h2-9,14-15,23,30H,10-13,16H2,1H3,(H,27,32). The van der Waals surface area contributed by atoms with Gasteiger partial charge in [0.2, 0.25) is 5.91 Å². The summed E-state index contributed by atoms with van der Waals surface area (Å²) in [4.78, 5) is 45.2. The number of nitrogens with zero attached hydrogens (tertiary/aromatic N) is 3. The Morgan fingerprint density at radius 3 is 2.36 bits per heavy atom. The van der Waals surface area contributed by atoms with Gasteiger partial charge < -0.3 is 20.2 Å². The van der Waals surface area contributed by atoms with Crippen LogP contribution in [0.15, 0.2) is 60.8 Å². The summed E-state index contributed by atoms with van der Waals surface area (Å²) in [6.45, 7) is 3.22. The summed E-state index contributed by atoms with van der Waals surface area (Å²) in [6, 6.07) is 15.6. The molecular weight excluding hydrogens is 420 g/mol. The molecule has 1 aromatic heterocycles. The van der Waals surface area contributed by atoms with Gasteiger partial charge in [0.05, 0.1) is 17.7 Å². The molecule has 1 fully saturated rings. The number of carbonyl (C=O) groups excluding carboxylic acids is 3. The molecule has 2 heterocycles. The number of Topliss-reactive ketones (excluding diaryl/α,β-unsaturated/α-hetero) is 1. The number of fused-ring (bicyclic) bond motifs is 1. The predicted octanol–water partition coefficient (Wildman–Crippen LogP) is 1.88. The number of amides is 2. The van der Waals surface area contributed by atoms with Crippen LogP contribution >= 0.6 is 0 Å². The number of piperazine rings is 1. The number of benzene rings is 2. The minimum Gasteiger partial charge on any atom is -0.394 e. The molecule has 2 aromatic carbocycles. The van der Waals surface area contributed by atoms with Crippen LogP contribution in [0.3, 0.4) is 0 Å². The van der Waals surface area contributed by atoms with Crippen LogP contribution in [0, 0.1) is 0 Å². The summed E-state index contributed by atoms with van der Waals surface area (Å²) in [7, 11) is 0. The van der Waals surface area contributed by atoms with Crippen molar-refractivity contribution in [1.82, 2.24) is 15.2 Å². The lowest BCUT2D eigenvalue weighted by atomic mass is 10.1. The third-order valence-electron chi connectivity index (χ3n) is 5.87. The predicted molar refractivity (Wildman–Crippen MR) is 125 cm³/mol. The minimum absolute atomic E-state index is 0.0218. The molecule has 3 aromatic rings. The topological polar surface area (TPSA) is 103 Å². The molecule has 8 nitrogen and oxygen atoms in total. The van der Waals surface area contributed by atoms with E-state index in [4.69, 9.17) is 0 Å². The van der Waals surface area contributed by atoms with E-state index in [-0.39, 0.29) is 11.7 Å². The van der Waals surface area contributed by atoms with Crippen molar-refractivity contribution in [3.63, 3.8) is 0 Å². The quantitative estimate of drug-likeness (QED) is 0.561. The van der Waals surface area contributed by atoms with Gasteiger partial charge >= 0.3 is 0 Å². The smallest absolute Gasteiger partial charge is 0.253 e. The van der Waals surface area contributed by atoms with E-state index in [1.807, 2.05) is 36.4 Å². The lowest BCUT2D eigenvalue weighted by molar-refractivity contribution is -0.134. The number of pyridine rings is 1. The van der Waals surface area contributed by atoms with Gasteiger partial charge in [-0.1, -0.05) is 18.2 Å². The Kier molecular flexibility index (Phi) is 6.65. The normalized spacial score (nSPS) is 14.7. The number of carbonyl (C=O) groups is 3. The van der Waals surface area contributed by atoms with Gasteiger partial charge in [0.1, 0.15) is 6.04 Å². The van der Waals surface area contributed by atoms with E-state index in [1.54, 1.807) is 23.1 Å². The van der Waals surface area contributed by atoms with Crippen molar-refractivity contribution in [3.05, 3.63) is 71.9 Å². The highest BCUT2D eigenvalue weighted by molar-refractivity contribution is 5.99. The van der Waals surface area contributed by atoms with Gasteiger partial charge in [-0.3, -0.25) is 19.4 Å². The molecule has 1 aliphatic rings. The monoisotopic (exact) mass is 446 g/mol. The highest BCUT2D eigenvalue weighted by atomic mass is 16.3. The van der Waals surface area contributed by atoms with Gasteiger partial charge in [0.15, 0.2) is 5.78 Å². The van der Waals surface area contributed by atoms with Gasteiger partial charge in [-0.15, -0.1) is 0 Å². The molecule has 170 valence electrons. The van der Waals surface area contributed by atoms with Crippen molar-refractivity contribution >= 4 is 34.2 Å². The SMILES string of the molecule is CC(=O)c1ccc(N2CCN(C(=O)C(CO)NC(=O)c3cnc4ccccc4c3)CC2)cc1. The lowest BCUT2D eigenvalue weighted by Gasteiger charge is -2.37. The third kappa shape index (κ3) is 5.01. The largest absolute Gasteiger partial charge is 0.394 e. The number of rotatable bonds is 6. The minimum atomic E-state index is -1.02. The van der Waals surface area contributed by atoms with Crippen LogP contribution in [0.1, 0.15) is 27.6 Å². The van der Waals surface area contributed by atoms with Gasteiger partial charge in [0, 0.05) is 49.0 Å². The van der Waals surface area contributed by atoms with Crippen LogP contribution < -0.4 is 10.2 Å². The van der Waals surface area contributed by atoms with Crippen molar-refractivity contribution in [2.24, 2.45) is 0 Å². The van der Waals surface area contributed by atoms with E-state index < -0.39 is 18.6 Å². The summed E-state index contributed by atoms with van der Waals surface area (Å²) >= 11 is 0. The van der Waals surface area contributed by atoms with Crippen molar-refractivity contribution in [2.75, 3.05) is 37.7 Å². The second-order valence-corrected chi connectivity index (χ2v) is 8.04. The Morgan fingerprint density at radius 1 is 1.00 bits per heavy atom.